The number of rotatable bonds is 8. The average Bonchev–Trinajstić information content (AvgIpc) is 3.34. The summed E-state index contributed by atoms with van der Waals surface area (Å²) in [6, 6.07) is 11.2. The van der Waals surface area contributed by atoms with Gasteiger partial charge in [-0.15, -0.1) is 0 Å². The second-order valence-corrected chi connectivity index (χ2v) is 7.90. The fourth-order valence-corrected chi connectivity index (χ4v) is 3.51. The molecule has 2 aromatic heterocycles. The molecule has 0 saturated heterocycles. The van der Waals surface area contributed by atoms with E-state index in [0.717, 1.165) is 15.9 Å². The fraction of sp³-hybridized carbons (Fsp3) is 0.263. The van der Waals surface area contributed by atoms with Crippen molar-refractivity contribution in [1.82, 2.24) is 19.7 Å². The normalized spacial score (nSPS) is 12.1. The third-order valence-corrected chi connectivity index (χ3v) is 5.31. The molecule has 3 rings (SSSR count). The highest BCUT2D eigenvalue weighted by molar-refractivity contribution is 9.10. The molecule has 0 aliphatic heterocycles. The van der Waals surface area contributed by atoms with Crippen molar-refractivity contribution in [3.8, 4) is 11.5 Å². The molecule has 0 saturated carbocycles. The Kier molecular flexibility index (Phi) is 6.76. The van der Waals surface area contributed by atoms with Gasteiger partial charge in [0.1, 0.15) is 5.56 Å². The minimum absolute atomic E-state index is 0.0913. The number of carbonyl (C=O) groups is 1. The number of hydrogen-bond acceptors (Lipinski definition) is 4. The summed E-state index contributed by atoms with van der Waals surface area (Å²) in [6.07, 6.45) is 8.03. The van der Waals surface area contributed by atoms with Crippen LogP contribution < -0.4 is 5.32 Å². The van der Waals surface area contributed by atoms with Crippen LogP contribution in [0.1, 0.15) is 16.8 Å². The van der Waals surface area contributed by atoms with E-state index in [2.05, 4.69) is 26.3 Å². The van der Waals surface area contributed by atoms with E-state index in [1.807, 2.05) is 59.6 Å². The van der Waals surface area contributed by atoms with Crippen molar-refractivity contribution in [3.63, 3.8) is 0 Å². The monoisotopic (exact) mass is 448 g/mol. The van der Waals surface area contributed by atoms with Gasteiger partial charge in [0.15, 0.2) is 5.82 Å². The zero-order valence-corrected chi connectivity index (χ0v) is 17.3. The van der Waals surface area contributed by atoms with E-state index in [9.17, 15) is 9.90 Å². The molecule has 1 aromatic carbocycles. The summed E-state index contributed by atoms with van der Waals surface area (Å²) in [6.45, 7) is -0.0913. The molecule has 3 aromatic rings. The molecular formula is C19H21BrN4O2S. The van der Waals surface area contributed by atoms with Gasteiger partial charge in [-0.05, 0) is 54.8 Å². The summed E-state index contributed by atoms with van der Waals surface area (Å²) in [5.41, 5.74) is 1.30. The summed E-state index contributed by atoms with van der Waals surface area (Å²) < 4.78 is 4.57. The second-order valence-electron chi connectivity index (χ2n) is 5.99. The van der Waals surface area contributed by atoms with Crippen LogP contribution in [0.5, 0.6) is 0 Å². The van der Waals surface area contributed by atoms with Gasteiger partial charge in [0.25, 0.3) is 5.91 Å². The van der Waals surface area contributed by atoms with Gasteiger partial charge in [0, 0.05) is 16.9 Å². The maximum Gasteiger partial charge on any atom is 0.257 e. The smallest absolute Gasteiger partial charge is 0.257 e. The van der Waals surface area contributed by atoms with Gasteiger partial charge in [0.2, 0.25) is 0 Å². The molecule has 0 unspecified atom stereocenters. The number of nitrogens with zero attached hydrogens (tertiary/aromatic N) is 3. The van der Waals surface area contributed by atoms with Gasteiger partial charge in [-0.2, -0.15) is 16.9 Å². The second kappa shape index (κ2) is 9.25. The van der Waals surface area contributed by atoms with Gasteiger partial charge >= 0.3 is 0 Å². The van der Waals surface area contributed by atoms with Gasteiger partial charge < -0.3 is 15.0 Å². The number of hydrogen-bond donors (Lipinski definition) is 2. The van der Waals surface area contributed by atoms with Crippen LogP contribution >= 0.6 is 27.7 Å². The van der Waals surface area contributed by atoms with Crippen LogP contribution in [0.25, 0.3) is 11.5 Å². The maximum atomic E-state index is 12.9. The molecule has 0 spiro atoms. The summed E-state index contributed by atoms with van der Waals surface area (Å²) >= 11 is 5.12. The highest BCUT2D eigenvalue weighted by Crippen LogP contribution is 2.21. The minimum Gasteiger partial charge on any atom is -0.394 e. The first kappa shape index (κ1) is 19.7. The Morgan fingerprint density at radius 3 is 2.63 bits per heavy atom. The van der Waals surface area contributed by atoms with Crippen molar-refractivity contribution in [2.75, 3.05) is 18.6 Å². The molecule has 0 fully saturated rings. The Hall–Kier alpha value is -2.03. The van der Waals surface area contributed by atoms with Crippen molar-refractivity contribution < 1.29 is 9.90 Å². The van der Waals surface area contributed by atoms with Crippen molar-refractivity contribution >= 4 is 33.6 Å². The lowest BCUT2D eigenvalue weighted by atomic mass is 10.2. The molecule has 0 aliphatic rings. The third kappa shape index (κ3) is 4.63. The topological polar surface area (TPSA) is 72.1 Å². The fourth-order valence-electron chi connectivity index (χ4n) is 2.73. The molecule has 6 nitrogen and oxygen atoms in total. The van der Waals surface area contributed by atoms with Gasteiger partial charge in [0.05, 0.1) is 24.5 Å². The third-order valence-electron chi connectivity index (χ3n) is 4.13. The number of halogens is 1. The number of aromatic nitrogens is 3. The van der Waals surface area contributed by atoms with Gasteiger partial charge in [-0.3, -0.25) is 4.79 Å². The van der Waals surface area contributed by atoms with Crippen LogP contribution in [-0.4, -0.2) is 50.0 Å². The number of thioether (sulfide) groups is 1. The highest BCUT2D eigenvalue weighted by atomic mass is 79.9. The van der Waals surface area contributed by atoms with Crippen LogP contribution in [0.3, 0.4) is 0 Å². The Bertz CT molecular complexity index is 878. The van der Waals surface area contributed by atoms with E-state index in [1.54, 1.807) is 22.6 Å². The van der Waals surface area contributed by atoms with E-state index >= 15 is 0 Å². The Balaban J connectivity index is 1.96. The number of aliphatic hydroxyl groups excluding tert-OH is 1. The molecule has 0 bridgehead atoms. The predicted molar refractivity (Wildman–Crippen MR) is 112 cm³/mol. The van der Waals surface area contributed by atoms with Crippen molar-refractivity contribution in [2.45, 2.75) is 12.5 Å². The Morgan fingerprint density at radius 1 is 1.30 bits per heavy atom. The molecule has 1 atom stereocenters. The standard InChI is InChI=1S/C19H21BrN4O2S/c1-27-11-8-15(13-25)22-18(26)17-12-21-24(16-6-4-14(20)5-7-16)19(17)23-9-2-3-10-23/h2-7,9-10,12,15,25H,8,11,13H2,1H3,(H,22,26)/t15-/m1/s1. The van der Waals surface area contributed by atoms with Crippen LogP contribution in [0.2, 0.25) is 0 Å². The van der Waals surface area contributed by atoms with Crippen LogP contribution in [0, 0.1) is 0 Å². The van der Waals surface area contributed by atoms with E-state index in [-0.39, 0.29) is 18.6 Å². The quantitative estimate of drug-likeness (QED) is 0.554. The largest absolute Gasteiger partial charge is 0.394 e. The summed E-state index contributed by atoms with van der Waals surface area (Å²) in [7, 11) is 0. The summed E-state index contributed by atoms with van der Waals surface area (Å²) in [4.78, 5) is 12.9. The van der Waals surface area contributed by atoms with Crippen LogP contribution in [-0.2, 0) is 0 Å². The average molecular weight is 449 g/mol. The summed E-state index contributed by atoms with van der Waals surface area (Å²) in [5, 5.41) is 16.9. The Morgan fingerprint density at radius 2 is 2.00 bits per heavy atom. The molecule has 2 heterocycles. The minimum atomic E-state index is -0.279. The summed E-state index contributed by atoms with van der Waals surface area (Å²) in [5.74, 6) is 1.28. The number of carbonyl (C=O) groups excluding carboxylic acids is 1. The van der Waals surface area contributed by atoms with Crippen LogP contribution in [0.4, 0.5) is 0 Å². The molecular weight excluding hydrogens is 428 g/mol. The highest BCUT2D eigenvalue weighted by Gasteiger charge is 2.22. The zero-order chi connectivity index (χ0) is 19.2. The Labute approximate surface area is 170 Å². The molecule has 0 aliphatic carbocycles. The number of aliphatic hydroxyl groups is 1. The van der Waals surface area contributed by atoms with E-state index in [4.69, 9.17) is 0 Å². The van der Waals surface area contributed by atoms with Crippen LogP contribution in [0.15, 0.2) is 59.5 Å². The number of benzene rings is 1. The predicted octanol–water partition coefficient (Wildman–Crippen LogP) is 3.27. The maximum absolute atomic E-state index is 12.9. The van der Waals surface area contributed by atoms with Gasteiger partial charge in [-0.25, -0.2) is 4.68 Å². The first-order valence-corrected chi connectivity index (χ1v) is 10.7. The zero-order valence-electron chi connectivity index (χ0n) is 14.9. The lowest BCUT2D eigenvalue weighted by Crippen LogP contribution is -2.38. The lowest BCUT2D eigenvalue weighted by molar-refractivity contribution is 0.0915. The molecule has 1 amide bonds. The molecule has 8 heteroatoms. The van der Waals surface area contributed by atoms with Gasteiger partial charge in [-0.1, -0.05) is 15.9 Å². The molecule has 2 N–H and O–H groups in total. The number of amides is 1. The van der Waals surface area contributed by atoms with E-state index < -0.39 is 0 Å². The first-order chi connectivity index (χ1) is 13.1. The lowest BCUT2D eigenvalue weighted by Gasteiger charge is -2.16. The number of nitrogens with one attached hydrogen (secondary N) is 1. The SMILES string of the molecule is CSCC[C@H](CO)NC(=O)c1cnn(-c2ccc(Br)cc2)c1-n1cccc1. The van der Waals surface area contributed by atoms with Crippen molar-refractivity contribution in [2.24, 2.45) is 0 Å². The molecule has 0 radical (unpaired) electrons. The molecule has 27 heavy (non-hydrogen) atoms. The van der Waals surface area contributed by atoms with Crippen molar-refractivity contribution in [1.29, 1.82) is 0 Å². The van der Waals surface area contributed by atoms with E-state index in [0.29, 0.717) is 17.8 Å². The first-order valence-electron chi connectivity index (χ1n) is 8.52. The van der Waals surface area contributed by atoms with Crippen molar-refractivity contribution in [3.05, 3.63) is 65.0 Å². The molecule has 142 valence electrons. The van der Waals surface area contributed by atoms with E-state index in [1.165, 1.54) is 0 Å².